The van der Waals surface area contributed by atoms with Crippen LogP contribution in [0.3, 0.4) is 0 Å². The molecule has 88 valence electrons. The Labute approximate surface area is 98.2 Å². The molecule has 0 fully saturated rings. The van der Waals surface area contributed by atoms with E-state index in [2.05, 4.69) is 49.2 Å². The minimum absolute atomic E-state index is 0.137. The fourth-order valence-electron chi connectivity index (χ4n) is 1.33. The smallest absolute Gasteiger partial charge is 0.102 e. The van der Waals surface area contributed by atoms with Crippen LogP contribution in [0.1, 0.15) is 39.0 Å². The van der Waals surface area contributed by atoms with Gasteiger partial charge in [-0.1, -0.05) is 5.92 Å². The summed E-state index contributed by atoms with van der Waals surface area (Å²) in [6.45, 7) is 11.9. The van der Waals surface area contributed by atoms with Gasteiger partial charge in [-0.3, -0.25) is 4.68 Å². The van der Waals surface area contributed by atoms with E-state index in [9.17, 15) is 0 Å². The van der Waals surface area contributed by atoms with E-state index >= 15 is 0 Å². The zero-order valence-corrected chi connectivity index (χ0v) is 10.9. The predicted octanol–water partition coefficient (Wildman–Crippen LogP) is 2.10. The molecule has 0 aliphatic heterocycles. The molecule has 16 heavy (non-hydrogen) atoms. The SMILES string of the molecule is CC#CCn1cc(CNC(C)(C)C)c(C)n1. The van der Waals surface area contributed by atoms with Crippen molar-refractivity contribution < 1.29 is 0 Å². The van der Waals surface area contributed by atoms with Crippen LogP contribution in [0.5, 0.6) is 0 Å². The van der Waals surface area contributed by atoms with Crippen molar-refractivity contribution in [3.05, 3.63) is 17.5 Å². The summed E-state index contributed by atoms with van der Waals surface area (Å²) in [6.07, 6.45) is 2.07. The zero-order valence-electron chi connectivity index (χ0n) is 10.9. The van der Waals surface area contributed by atoms with E-state index in [1.54, 1.807) is 0 Å². The van der Waals surface area contributed by atoms with Crippen LogP contribution >= 0.6 is 0 Å². The Hall–Kier alpha value is -1.27. The quantitative estimate of drug-likeness (QED) is 0.789. The minimum Gasteiger partial charge on any atom is -0.308 e. The second kappa shape index (κ2) is 5.18. The highest BCUT2D eigenvalue weighted by molar-refractivity contribution is 5.16. The molecule has 3 heteroatoms. The van der Waals surface area contributed by atoms with Gasteiger partial charge >= 0.3 is 0 Å². The summed E-state index contributed by atoms with van der Waals surface area (Å²) >= 11 is 0. The topological polar surface area (TPSA) is 29.9 Å². The molecule has 0 aliphatic carbocycles. The van der Waals surface area contributed by atoms with E-state index in [4.69, 9.17) is 0 Å². The van der Waals surface area contributed by atoms with Crippen LogP contribution in [0.15, 0.2) is 6.20 Å². The van der Waals surface area contributed by atoms with Crippen molar-refractivity contribution in [2.75, 3.05) is 0 Å². The fraction of sp³-hybridized carbons (Fsp3) is 0.615. The molecule has 0 spiro atoms. The Morgan fingerprint density at radius 1 is 1.44 bits per heavy atom. The van der Waals surface area contributed by atoms with Gasteiger partial charge in [-0.2, -0.15) is 5.10 Å². The molecule has 0 unspecified atom stereocenters. The molecule has 1 heterocycles. The maximum atomic E-state index is 4.42. The van der Waals surface area contributed by atoms with Gasteiger partial charge in [0.25, 0.3) is 0 Å². The first-order chi connectivity index (χ1) is 7.42. The Morgan fingerprint density at radius 2 is 2.12 bits per heavy atom. The average molecular weight is 219 g/mol. The molecule has 1 rings (SSSR count). The van der Waals surface area contributed by atoms with Crippen molar-refractivity contribution >= 4 is 0 Å². The normalized spacial score (nSPS) is 11.1. The third-order valence-electron chi connectivity index (χ3n) is 2.28. The second-order valence-corrected chi connectivity index (χ2v) is 4.97. The van der Waals surface area contributed by atoms with Crippen LogP contribution < -0.4 is 5.32 Å². The Morgan fingerprint density at radius 3 is 2.69 bits per heavy atom. The minimum atomic E-state index is 0.137. The maximum absolute atomic E-state index is 4.42. The Balaban J connectivity index is 2.65. The largest absolute Gasteiger partial charge is 0.308 e. The van der Waals surface area contributed by atoms with Crippen LogP contribution in [0.4, 0.5) is 0 Å². The highest BCUT2D eigenvalue weighted by Crippen LogP contribution is 2.08. The molecule has 3 nitrogen and oxygen atoms in total. The molecule has 0 aromatic carbocycles. The standard InChI is InChI=1S/C13H21N3/c1-6-7-8-16-10-12(11(2)15-16)9-14-13(3,4)5/h10,14H,8-9H2,1-5H3. The molecule has 0 saturated heterocycles. The lowest BCUT2D eigenvalue weighted by Crippen LogP contribution is -2.35. The highest BCUT2D eigenvalue weighted by Gasteiger charge is 2.11. The summed E-state index contributed by atoms with van der Waals surface area (Å²) in [7, 11) is 0. The zero-order chi connectivity index (χ0) is 12.2. The number of rotatable bonds is 3. The van der Waals surface area contributed by atoms with Gasteiger partial charge in [0.2, 0.25) is 0 Å². The number of nitrogens with zero attached hydrogens (tertiary/aromatic N) is 2. The van der Waals surface area contributed by atoms with E-state index in [0.717, 1.165) is 12.2 Å². The summed E-state index contributed by atoms with van der Waals surface area (Å²) in [5, 5.41) is 7.88. The number of nitrogens with one attached hydrogen (secondary N) is 1. The van der Waals surface area contributed by atoms with Crippen molar-refractivity contribution in [3.63, 3.8) is 0 Å². The van der Waals surface area contributed by atoms with Crippen LogP contribution in [0.25, 0.3) is 0 Å². The summed E-state index contributed by atoms with van der Waals surface area (Å²) in [5.41, 5.74) is 2.46. The molecule has 1 aromatic rings. The van der Waals surface area contributed by atoms with Gasteiger partial charge in [0.1, 0.15) is 6.54 Å². The highest BCUT2D eigenvalue weighted by atomic mass is 15.3. The van der Waals surface area contributed by atoms with Crippen molar-refractivity contribution in [2.45, 2.75) is 53.2 Å². The summed E-state index contributed by atoms with van der Waals surface area (Å²) in [6, 6.07) is 0. The van der Waals surface area contributed by atoms with Crippen LogP contribution in [0.2, 0.25) is 0 Å². The molecule has 0 aliphatic rings. The lowest BCUT2D eigenvalue weighted by molar-refractivity contribution is 0.424. The molecule has 0 amide bonds. The molecule has 0 saturated carbocycles. The van der Waals surface area contributed by atoms with Crippen molar-refractivity contribution in [3.8, 4) is 11.8 Å². The summed E-state index contributed by atoms with van der Waals surface area (Å²) in [4.78, 5) is 0. The van der Waals surface area contributed by atoms with Gasteiger partial charge in [0.15, 0.2) is 0 Å². The van der Waals surface area contributed by atoms with E-state index in [1.807, 2.05) is 18.5 Å². The van der Waals surface area contributed by atoms with Crippen LogP contribution in [-0.2, 0) is 13.1 Å². The number of hydrogen-bond acceptors (Lipinski definition) is 2. The van der Waals surface area contributed by atoms with Gasteiger partial charge in [-0.05, 0) is 34.6 Å². The van der Waals surface area contributed by atoms with Crippen LogP contribution in [-0.4, -0.2) is 15.3 Å². The van der Waals surface area contributed by atoms with Crippen molar-refractivity contribution in [1.29, 1.82) is 0 Å². The van der Waals surface area contributed by atoms with E-state index < -0.39 is 0 Å². The van der Waals surface area contributed by atoms with Gasteiger partial charge < -0.3 is 5.32 Å². The van der Waals surface area contributed by atoms with Crippen molar-refractivity contribution in [2.24, 2.45) is 0 Å². The predicted molar refractivity (Wildman–Crippen MR) is 67.0 cm³/mol. The summed E-state index contributed by atoms with van der Waals surface area (Å²) < 4.78 is 1.89. The van der Waals surface area contributed by atoms with Crippen LogP contribution in [0, 0.1) is 18.8 Å². The first kappa shape index (κ1) is 12.8. The molecule has 1 N–H and O–H groups in total. The monoisotopic (exact) mass is 219 g/mol. The maximum Gasteiger partial charge on any atom is 0.102 e. The molecule has 0 radical (unpaired) electrons. The fourth-order valence-corrected chi connectivity index (χ4v) is 1.33. The summed E-state index contributed by atoms with van der Waals surface area (Å²) in [5.74, 6) is 5.88. The lowest BCUT2D eigenvalue weighted by atomic mass is 10.1. The van der Waals surface area contributed by atoms with E-state index in [1.165, 1.54) is 5.56 Å². The molecule has 0 bridgehead atoms. The van der Waals surface area contributed by atoms with Gasteiger partial charge in [-0.25, -0.2) is 0 Å². The van der Waals surface area contributed by atoms with E-state index in [0.29, 0.717) is 6.54 Å². The first-order valence-electron chi connectivity index (χ1n) is 5.60. The first-order valence-corrected chi connectivity index (χ1v) is 5.60. The molecule has 1 aromatic heterocycles. The van der Waals surface area contributed by atoms with Gasteiger partial charge in [0.05, 0.1) is 5.69 Å². The van der Waals surface area contributed by atoms with Gasteiger partial charge in [-0.15, -0.1) is 5.92 Å². The van der Waals surface area contributed by atoms with Crippen molar-refractivity contribution in [1.82, 2.24) is 15.1 Å². The van der Waals surface area contributed by atoms with Gasteiger partial charge in [0, 0.05) is 23.8 Å². The average Bonchev–Trinajstić information content (AvgIpc) is 2.52. The molecule has 0 atom stereocenters. The molecular formula is C13H21N3. The number of aromatic nitrogens is 2. The molecular weight excluding hydrogens is 198 g/mol. The Kier molecular flexibility index (Phi) is 4.14. The number of hydrogen-bond donors (Lipinski definition) is 1. The lowest BCUT2D eigenvalue weighted by Gasteiger charge is -2.20. The van der Waals surface area contributed by atoms with E-state index in [-0.39, 0.29) is 5.54 Å². The second-order valence-electron chi connectivity index (χ2n) is 4.97. The Bertz CT molecular complexity index is 399. The number of aryl methyl sites for hydroxylation is 1. The third kappa shape index (κ3) is 4.08. The third-order valence-corrected chi connectivity index (χ3v) is 2.28.